The first-order valence-electron chi connectivity index (χ1n) is 9.26. The van der Waals surface area contributed by atoms with Crippen LogP contribution in [0.4, 0.5) is 0 Å². The number of hydrogen-bond donors (Lipinski definition) is 1. The molecule has 0 radical (unpaired) electrons. The fourth-order valence-electron chi connectivity index (χ4n) is 4.17. The second kappa shape index (κ2) is 6.72. The second-order valence-electron chi connectivity index (χ2n) is 7.54. The van der Waals surface area contributed by atoms with Crippen LogP contribution in [0.15, 0.2) is 42.5 Å². The zero-order valence-electron chi connectivity index (χ0n) is 15.5. The van der Waals surface area contributed by atoms with Crippen molar-refractivity contribution < 1.29 is 19.4 Å². The number of amides is 1. The fraction of sp³-hybridized carbons (Fsp3) is 0.364. The number of fused-ring (bicyclic) bond motifs is 1. The van der Waals surface area contributed by atoms with Crippen molar-refractivity contribution in [1.29, 1.82) is 0 Å². The number of aryl methyl sites for hydroxylation is 2. The quantitative estimate of drug-likeness (QED) is 0.908. The molecule has 1 unspecified atom stereocenters. The lowest BCUT2D eigenvalue weighted by Gasteiger charge is -2.20. The summed E-state index contributed by atoms with van der Waals surface area (Å²) in [4.78, 5) is 26.7. The van der Waals surface area contributed by atoms with Crippen LogP contribution in [0.3, 0.4) is 0 Å². The first kappa shape index (κ1) is 17.6. The predicted octanol–water partition coefficient (Wildman–Crippen LogP) is 3.11. The molecule has 1 N–H and O–H groups in total. The number of likely N-dealkylation sites (tertiary alicyclic amines) is 1. The molecule has 2 aromatic rings. The largest absolute Gasteiger partial charge is 0.492 e. The summed E-state index contributed by atoms with van der Waals surface area (Å²) in [5, 5.41) is 9.67. The average molecular weight is 365 g/mol. The number of carbonyl (C=O) groups is 2. The van der Waals surface area contributed by atoms with Gasteiger partial charge in [0.25, 0.3) is 0 Å². The zero-order valence-corrected chi connectivity index (χ0v) is 15.5. The molecule has 2 aliphatic rings. The number of rotatable bonds is 3. The maximum atomic E-state index is 13.2. The maximum absolute atomic E-state index is 13.2. The Morgan fingerprint density at radius 2 is 1.78 bits per heavy atom. The number of benzene rings is 2. The van der Waals surface area contributed by atoms with Gasteiger partial charge in [0.15, 0.2) is 0 Å². The molecule has 2 aliphatic heterocycles. The minimum Gasteiger partial charge on any atom is -0.492 e. The van der Waals surface area contributed by atoms with Crippen LogP contribution in [0.5, 0.6) is 5.75 Å². The highest BCUT2D eigenvalue weighted by Gasteiger charge is 2.43. The number of ether oxygens (including phenoxy) is 1. The van der Waals surface area contributed by atoms with Gasteiger partial charge in [0.05, 0.1) is 5.92 Å². The van der Waals surface area contributed by atoms with Crippen LogP contribution >= 0.6 is 0 Å². The number of aliphatic carboxylic acids is 1. The molecule has 4 rings (SSSR count). The van der Waals surface area contributed by atoms with Crippen LogP contribution in [0.2, 0.25) is 0 Å². The molecule has 0 spiro atoms. The zero-order chi connectivity index (χ0) is 19.1. The summed E-state index contributed by atoms with van der Waals surface area (Å²) in [7, 11) is 0. The molecule has 0 bridgehead atoms. The molecule has 0 aliphatic carbocycles. The van der Waals surface area contributed by atoms with E-state index in [2.05, 4.69) is 0 Å². The van der Waals surface area contributed by atoms with Crippen LogP contribution in [0.1, 0.15) is 34.1 Å². The highest BCUT2D eigenvalue weighted by Crippen LogP contribution is 2.39. The summed E-state index contributed by atoms with van der Waals surface area (Å²) >= 11 is 0. The van der Waals surface area contributed by atoms with Gasteiger partial charge in [-0.15, -0.1) is 0 Å². The Labute approximate surface area is 158 Å². The fourth-order valence-corrected chi connectivity index (χ4v) is 4.17. The lowest BCUT2D eigenvalue weighted by molar-refractivity contribution is -0.142. The van der Waals surface area contributed by atoms with E-state index in [1.807, 2.05) is 56.3 Å². The number of carboxylic acid groups (broad SMARTS) is 1. The molecule has 1 fully saturated rings. The van der Waals surface area contributed by atoms with E-state index in [0.717, 1.165) is 28.0 Å². The Hall–Kier alpha value is -2.82. The molecule has 27 heavy (non-hydrogen) atoms. The molecule has 2 heterocycles. The van der Waals surface area contributed by atoms with E-state index in [-0.39, 0.29) is 24.3 Å². The molecule has 0 aromatic heterocycles. The summed E-state index contributed by atoms with van der Waals surface area (Å²) in [5.74, 6) is -1.25. The smallest absolute Gasteiger partial charge is 0.308 e. The van der Waals surface area contributed by atoms with Gasteiger partial charge in [0.1, 0.15) is 18.3 Å². The molecule has 140 valence electrons. The first-order chi connectivity index (χ1) is 13.0. The molecule has 5 heteroatoms. The summed E-state index contributed by atoms with van der Waals surface area (Å²) in [6.07, 6.45) is 0. The van der Waals surface area contributed by atoms with Crippen molar-refractivity contribution in [2.24, 2.45) is 5.92 Å². The van der Waals surface area contributed by atoms with Crippen molar-refractivity contribution in [1.82, 2.24) is 4.90 Å². The molecule has 1 saturated heterocycles. The molecule has 1 amide bonds. The summed E-state index contributed by atoms with van der Waals surface area (Å²) in [6, 6.07) is 13.6. The maximum Gasteiger partial charge on any atom is 0.308 e. The molecule has 3 atom stereocenters. The Kier molecular flexibility index (Phi) is 4.38. The molecule has 2 aromatic carbocycles. The Bertz CT molecular complexity index is 893. The van der Waals surface area contributed by atoms with Crippen molar-refractivity contribution in [2.45, 2.75) is 25.7 Å². The molecular formula is C22H23NO4. The average Bonchev–Trinajstić information content (AvgIpc) is 3.27. The van der Waals surface area contributed by atoms with Crippen LogP contribution in [-0.2, 0) is 9.59 Å². The van der Waals surface area contributed by atoms with Gasteiger partial charge in [0, 0.05) is 24.6 Å². The molecule has 5 nitrogen and oxygen atoms in total. The van der Waals surface area contributed by atoms with E-state index in [1.165, 1.54) is 0 Å². The van der Waals surface area contributed by atoms with Gasteiger partial charge in [-0.05, 0) is 36.6 Å². The highest BCUT2D eigenvalue weighted by molar-refractivity contribution is 5.87. The Balaban J connectivity index is 1.59. The minimum absolute atomic E-state index is 0.0401. The van der Waals surface area contributed by atoms with E-state index in [0.29, 0.717) is 13.2 Å². The summed E-state index contributed by atoms with van der Waals surface area (Å²) < 4.78 is 5.75. The van der Waals surface area contributed by atoms with Crippen molar-refractivity contribution in [3.63, 3.8) is 0 Å². The van der Waals surface area contributed by atoms with Gasteiger partial charge >= 0.3 is 5.97 Å². The summed E-state index contributed by atoms with van der Waals surface area (Å²) in [6.45, 7) is 5.04. The van der Waals surface area contributed by atoms with Gasteiger partial charge < -0.3 is 14.7 Å². The second-order valence-corrected chi connectivity index (χ2v) is 7.54. The Morgan fingerprint density at radius 3 is 2.48 bits per heavy atom. The topological polar surface area (TPSA) is 66.8 Å². The van der Waals surface area contributed by atoms with E-state index in [1.54, 1.807) is 4.90 Å². The number of carboxylic acids is 1. The monoisotopic (exact) mass is 365 g/mol. The van der Waals surface area contributed by atoms with E-state index < -0.39 is 11.9 Å². The van der Waals surface area contributed by atoms with E-state index in [4.69, 9.17) is 4.74 Å². The predicted molar refractivity (Wildman–Crippen MR) is 101 cm³/mol. The van der Waals surface area contributed by atoms with Gasteiger partial charge in [-0.25, -0.2) is 0 Å². The van der Waals surface area contributed by atoms with Gasteiger partial charge in [-0.3, -0.25) is 9.59 Å². The van der Waals surface area contributed by atoms with Gasteiger partial charge in [0.2, 0.25) is 5.91 Å². The molecular weight excluding hydrogens is 342 g/mol. The first-order valence-corrected chi connectivity index (χ1v) is 9.26. The summed E-state index contributed by atoms with van der Waals surface area (Å²) in [5.41, 5.74) is 4.15. The van der Waals surface area contributed by atoms with E-state index in [9.17, 15) is 14.7 Å². The third kappa shape index (κ3) is 3.07. The normalized spacial score (nSPS) is 23.8. The lowest BCUT2D eigenvalue weighted by atomic mass is 9.89. The third-order valence-corrected chi connectivity index (χ3v) is 5.88. The Morgan fingerprint density at radius 1 is 1.07 bits per heavy atom. The van der Waals surface area contributed by atoms with Crippen LogP contribution in [0.25, 0.3) is 0 Å². The van der Waals surface area contributed by atoms with Crippen molar-refractivity contribution >= 4 is 11.9 Å². The highest BCUT2D eigenvalue weighted by atomic mass is 16.5. The van der Waals surface area contributed by atoms with E-state index >= 15 is 0 Å². The van der Waals surface area contributed by atoms with Crippen molar-refractivity contribution in [2.75, 3.05) is 19.7 Å². The SMILES string of the molecule is Cc1cc2c(cc1C)C(C(=O)N1C[C@H](C(=O)O)[C@H](c3ccccc3)C1)CO2. The van der Waals surface area contributed by atoms with Gasteiger partial charge in [-0.2, -0.15) is 0 Å². The van der Waals surface area contributed by atoms with Crippen LogP contribution in [-0.4, -0.2) is 41.6 Å². The minimum atomic E-state index is -0.853. The third-order valence-electron chi connectivity index (χ3n) is 5.88. The standard InChI is InChI=1S/C22H23NO4/c1-13-8-16-19(12-27-20(16)9-14(13)2)21(24)23-10-17(18(11-23)22(25)26)15-6-4-3-5-7-15/h3-9,17-19H,10-12H2,1-2H3,(H,25,26)/t17-,18-,19?/m0/s1. The molecule has 0 saturated carbocycles. The van der Waals surface area contributed by atoms with Gasteiger partial charge in [-0.1, -0.05) is 36.4 Å². The lowest BCUT2D eigenvalue weighted by Crippen LogP contribution is -2.34. The van der Waals surface area contributed by atoms with Crippen molar-refractivity contribution in [3.05, 3.63) is 64.7 Å². The van der Waals surface area contributed by atoms with Crippen molar-refractivity contribution in [3.8, 4) is 5.75 Å². The number of hydrogen-bond acceptors (Lipinski definition) is 3. The van der Waals surface area contributed by atoms with Crippen LogP contribution < -0.4 is 4.74 Å². The van der Waals surface area contributed by atoms with Crippen LogP contribution in [0, 0.1) is 19.8 Å². The number of carbonyl (C=O) groups excluding carboxylic acids is 1. The number of nitrogens with zero attached hydrogens (tertiary/aromatic N) is 1.